The Morgan fingerprint density at radius 3 is 2.57 bits per heavy atom. The fraction of sp³-hybridized carbons (Fsp3) is 0.346. The van der Waals surface area contributed by atoms with Crippen molar-refractivity contribution in [2.24, 2.45) is 0 Å². The molecule has 2 aliphatic heterocycles. The molecule has 1 aliphatic carbocycles. The summed E-state index contributed by atoms with van der Waals surface area (Å²) in [6, 6.07) is 10.2. The number of urea groups is 1. The van der Waals surface area contributed by atoms with Gasteiger partial charge in [0.1, 0.15) is 6.61 Å². The van der Waals surface area contributed by atoms with Gasteiger partial charge in [-0.2, -0.15) is 5.10 Å². The number of ether oxygens (including phenoxy) is 1. The minimum absolute atomic E-state index is 0.101. The molecule has 1 saturated heterocycles. The number of carbonyl (C=O) groups is 2. The molecule has 0 bridgehead atoms. The molecule has 8 nitrogen and oxygen atoms in total. The Balaban J connectivity index is 1.30. The third-order valence-corrected chi connectivity index (χ3v) is 7.39. The van der Waals surface area contributed by atoms with Gasteiger partial charge in [0.15, 0.2) is 17.5 Å². The lowest BCUT2D eigenvalue weighted by Gasteiger charge is -2.39. The highest BCUT2D eigenvalue weighted by Gasteiger charge is 2.45. The molecule has 0 spiro atoms. The van der Waals surface area contributed by atoms with Crippen molar-refractivity contribution in [3.05, 3.63) is 77.4 Å². The number of hydrogen-bond donors (Lipinski definition) is 1. The van der Waals surface area contributed by atoms with Crippen LogP contribution in [0.25, 0.3) is 0 Å². The third-order valence-electron chi connectivity index (χ3n) is 7.39. The van der Waals surface area contributed by atoms with Gasteiger partial charge in [-0.1, -0.05) is 30.3 Å². The number of carbonyl (C=O) groups excluding carboxylic acids is 2. The van der Waals surface area contributed by atoms with Crippen LogP contribution in [-0.2, 0) is 17.7 Å². The Morgan fingerprint density at radius 1 is 1.08 bits per heavy atom. The van der Waals surface area contributed by atoms with Crippen molar-refractivity contribution < 1.29 is 27.5 Å². The molecule has 6 rings (SSSR count). The minimum atomic E-state index is -1.59. The third kappa shape index (κ3) is 4.08. The van der Waals surface area contributed by atoms with E-state index in [-0.39, 0.29) is 37.0 Å². The van der Waals surface area contributed by atoms with Crippen LogP contribution in [0.1, 0.15) is 36.6 Å². The minimum Gasteiger partial charge on any atom is -0.447 e. The van der Waals surface area contributed by atoms with Gasteiger partial charge < -0.3 is 15.0 Å². The topological polar surface area (TPSA) is 79.7 Å². The van der Waals surface area contributed by atoms with Crippen LogP contribution in [0.5, 0.6) is 0 Å². The highest BCUT2D eigenvalue weighted by molar-refractivity contribution is 5.92. The zero-order valence-corrected chi connectivity index (χ0v) is 19.7. The van der Waals surface area contributed by atoms with Crippen molar-refractivity contribution in [2.45, 2.75) is 50.4 Å². The number of rotatable bonds is 4. The molecule has 37 heavy (non-hydrogen) atoms. The number of aromatic nitrogens is 2. The molecule has 2 fully saturated rings. The van der Waals surface area contributed by atoms with Crippen LogP contribution in [0.2, 0.25) is 0 Å². The van der Waals surface area contributed by atoms with E-state index < -0.39 is 29.6 Å². The van der Waals surface area contributed by atoms with Gasteiger partial charge in [0.05, 0.1) is 42.2 Å². The molecule has 11 heteroatoms. The summed E-state index contributed by atoms with van der Waals surface area (Å²) in [6.45, 7) is 0.368. The molecule has 2 aromatic carbocycles. The average molecular weight is 512 g/mol. The van der Waals surface area contributed by atoms with Crippen LogP contribution in [0.3, 0.4) is 0 Å². The summed E-state index contributed by atoms with van der Waals surface area (Å²) in [4.78, 5) is 29.3. The number of nitrogens with one attached hydrogen (secondary N) is 1. The Labute approximate surface area is 210 Å². The maximum absolute atomic E-state index is 13.7. The van der Waals surface area contributed by atoms with E-state index >= 15 is 0 Å². The molecule has 1 N–H and O–H groups in total. The number of benzene rings is 2. The highest BCUT2D eigenvalue weighted by atomic mass is 19.2. The largest absolute Gasteiger partial charge is 0.447 e. The molecule has 1 aromatic heterocycles. The van der Waals surface area contributed by atoms with Crippen molar-refractivity contribution in [1.82, 2.24) is 14.7 Å². The molecule has 3 atom stereocenters. The normalized spacial score (nSPS) is 22.6. The number of anilines is 2. The van der Waals surface area contributed by atoms with E-state index in [0.29, 0.717) is 17.8 Å². The molecular weight excluding hydrogens is 487 g/mol. The average Bonchev–Trinajstić information content (AvgIpc) is 3.61. The van der Waals surface area contributed by atoms with E-state index in [1.165, 1.54) is 0 Å². The van der Waals surface area contributed by atoms with Crippen molar-refractivity contribution in [3.63, 3.8) is 0 Å². The summed E-state index contributed by atoms with van der Waals surface area (Å²) in [5, 5.41) is 7.10. The molecular formula is C26H24F3N5O3. The second-order valence-electron chi connectivity index (χ2n) is 9.59. The molecule has 0 unspecified atom stereocenters. The predicted octanol–water partition coefficient (Wildman–Crippen LogP) is 5.01. The van der Waals surface area contributed by atoms with E-state index in [1.807, 2.05) is 35.0 Å². The van der Waals surface area contributed by atoms with E-state index in [0.717, 1.165) is 37.0 Å². The van der Waals surface area contributed by atoms with Crippen molar-refractivity contribution in [1.29, 1.82) is 0 Å². The quantitative estimate of drug-likeness (QED) is 0.500. The van der Waals surface area contributed by atoms with Crippen LogP contribution in [0.4, 0.5) is 34.1 Å². The number of nitrogens with zero attached hydrogens (tertiary/aromatic N) is 4. The summed E-state index contributed by atoms with van der Waals surface area (Å²) in [7, 11) is 0. The summed E-state index contributed by atoms with van der Waals surface area (Å²) in [5.74, 6) is -4.36. The number of fused-ring (bicyclic) bond motifs is 3. The molecule has 3 aliphatic rings. The van der Waals surface area contributed by atoms with Gasteiger partial charge in [0.25, 0.3) is 0 Å². The molecule has 3 amide bonds. The zero-order valence-electron chi connectivity index (χ0n) is 19.7. The van der Waals surface area contributed by atoms with Gasteiger partial charge in [-0.3, -0.25) is 9.58 Å². The van der Waals surface area contributed by atoms with Gasteiger partial charge in [-0.15, -0.1) is 0 Å². The fourth-order valence-corrected chi connectivity index (χ4v) is 5.70. The van der Waals surface area contributed by atoms with Crippen LogP contribution >= 0.6 is 0 Å². The van der Waals surface area contributed by atoms with E-state index in [2.05, 4.69) is 10.4 Å². The second-order valence-corrected chi connectivity index (χ2v) is 9.59. The molecule has 3 heterocycles. The van der Waals surface area contributed by atoms with Crippen LogP contribution in [0, 0.1) is 17.5 Å². The van der Waals surface area contributed by atoms with Crippen molar-refractivity contribution in [3.8, 4) is 0 Å². The standard InChI is InChI=1S/C26H24F3N5O3/c27-18-10-16(11-19(28)24(18)29)31-25(35)32-13-23-22(12-30-34(23)21-8-4-7-20(21)32)33-17(14-37-26(33)36)9-15-5-2-1-3-6-15/h1-3,5-6,10-12,17,20-21H,4,7-9,13-14H2,(H,31,35)/t17-,20-,21+/m0/s1. The summed E-state index contributed by atoms with van der Waals surface area (Å²) in [5.41, 5.74) is 2.14. The van der Waals surface area contributed by atoms with Crippen LogP contribution in [0.15, 0.2) is 48.7 Å². The van der Waals surface area contributed by atoms with E-state index in [4.69, 9.17) is 4.74 Å². The SMILES string of the molecule is O=C(Nc1cc(F)c(F)c(F)c1)N1Cc2c(N3C(=O)OC[C@@H]3Cc3ccccc3)cnn2[C@@H]2CCC[C@@H]21. The Hall–Kier alpha value is -4.02. The monoisotopic (exact) mass is 511 g/mol. The first-order chi connectivity index (χ1) is 17.9. The van der Waals surface area contributed by atoms with Gasteiger partial charge in [0, 0.05) is 17.8 Å². The summed E-state index contributed by atoms with van der Waals surface area (Å²) < 4.78 is 48.1. The first-order valence-corrected chi connectivity index (χ1v) is 12.2. The van der Waals surface area contributed by atoms with Crippen molar-refractivity contribution in [2.75, 3.05) is 16.8 Å². The molecule has 192 valence electrons. The van der Waals surface area contributed by atoms with Crippen LogP contribution < -0.4 is 10.2 Å². The van der Waals surface area contributed by atoms with Crippen LogP contribution in [-0.4, -0.2) is 45.5 Å². The first kappa shape index (κ1) is 23.4. The van der Waals surface area contributed by atoms with E-state index in [9.17, 15) is 22.8 Å². The first-order valence-electron chi connectivity index (χ1n) is 12.2. The Bertz CT molecular complexity index is 1340. The zero-order chi connectivity index (χ0) is 25.7. The lowest BCUT2D eigenvalue weighted by Crippen LogP contribution is -2.49. The number of halogens is 3. The fourth-order valence-electron chi connectivity index (χ4n) is 5.70. The number of amides is 3. The molecule has 0 radical (unpaired) electrons. The molecule has 1 saturated carbocycles. The predicted molar refractivity (Wildman–Crippen MR) is 128 cm³/mol. The Kier molecular flexibility index (Phi) is 5.77. The second kappa shape index (κ2) is 9.13. The summed E-state index contributed by atoms with van der Waals surface area (Å²) in [6.07, 6.45) is 4.16. The van der Waals surface area contributed by atoms with E-state index in [1.54, 1.807) is 16.0 Å². The number of hydrogen-bond acceptors (Lipinski definition) is 4. The van der Waals surface area contributed by atoms with Gasteiger partial charge in [-0.25, -0.2) is 22.8 Å². The lowest BCUT2D eigenvalue weighted by molar-refractivity contribution is 0.138. The smallest absolute Gasteiger partial charge is 0.414 e. The van der Waals surface area contributed by atoms with Crippen molar-refractivity contribution >= 4 is 23.5 Å². The van der Waals surface area contributed by atoms with Gasteiger partial charge >= 0.3 is 12.1 Å². The number of cyclic esters (lactones) is 1. The van der Waals surface area contributed by atoms with Gasteiger partial charge in [-0.05, 0) is 31.2 Å². The Morgan fingerprint density at radius 2 is 1.81 bits per heavy atom. The maximum atomic E-state index is 13.7. The summed E-state index contributed by atoms with van der Waals surface area (Å²) >= 11 is 0. The highest BCUT2D eigenvalue weighted by Crippen LogP contribution is 2.42. The maximum Gasteiger partial charge on any atom is 0.414 e. The van der Waals surface area contributed by atoms with Gasteiger partial charge in [0.2, 0.25) is 0 Å². The lowest BCUT2D eigenvalue weighted by atomic mass is 10.0. The molecule has 3 aromatic rings.